The monoisotopic (exact) mass is 200 g/mol. The van der Waals surface area contributed by atoms with E-state index >= 15 is 0 Å². The van der Waals surface area contributed by atoms with Crippen molar-refractivity contribution in [3.05, 3.63) is 22.1 Å². The number of nitrogens with zero attached hydrogens (tertiary/aromatic N) is 3. The molecule has 0 saturated heterocycles. The number of hydrogen-bond acceptors (Lipinski definition) is 4. The van der Waals surface area contributed by atoms with Gasteiger partial charge in [0, 0.05) is 0 Å². The fourth-order valence-corrected chi connectivity index (χ4v) is 0.926. The molecule has 0 spiro atoms. The number of carboxylic acid groups (broad SMARTS) is 1. The molecule has 1 rings (SSSR count). The number of imidazole rings is 1. The average Bonchev–Trinajstić information content (AvgIpc) is 2.43. The van der Waals surface area contributed by atoms with Crippen LogP contribution in [0.3, 0.4) is 0 Å². The minimum absolute atomic E-state index is 0.0559. The molecule has 1 amide bonds. The van der Waals surface area contributed by atoms with Gasteiger partial charge in [0.2, 0.25) is 5.82 Å². The van der Waals surface area contributed by atoms with E-state index in [0.717, 1.165) is 6.20 Å². The topological polar surface area (TPSA) is 110 Å². The molecule has 8 nitrogen and oxygen atoms in total. The molecule has 0 radical (unpaired) electrons. The summed E-state index contributed by atoms with van der Waals surface area (Å²) in [6, 6.07) is 0. The highest BCUT2D eigenvalue weighted by atomic mass is 16.6. The molecule has 0 saturated carbocycles. The van der Waals surface area contributed by atoms with Crippen molar-refractivity contribution < 1.29 is 14.8 Å². The van der Waals surface area contributed by atoms with Gasteiger partial charge in [-0.3, -0.25) is 0 Å². The number of nitrogens with one attached hydrogen (secondary N) is 1. The lowest BCUT2D eigenvalue weighted by Gasteiger charge is -1.98. The summed E-state index contributed by atoms with van der Waals surface area (Å²) in [6.07, 6.45) is -0.116. The second kappa shape index (κ2) is 3.73. The molecule has 14 heavy (non-hydrogen) atoms. The third-order valence-electron chi connectivity index (χ3n) is 1.64. The lowest BCUT2D eigenvalue weighted by atomic mass is 10.6. The summed E-state index contributed by atoms with van der Waals surface area (Å²) >= 11 is 0. The minimum atomic E-state index is -1.20. The Morgan fingerprint density at radius 3 is 2.93 bits per heavy atom. The maximum absolute atomic E-state index is 10.4. The molecule has 0 unspecified atom stereocenters. The fourth-order valence-electron chi connectivity index (χ4n) is 0.926. The predicted octanol–water partition coefficient (Wildman–Crippen LogP) is 0.0959. The largest absolute Gasteiger partial charge is 0.465 e. The number of amides is 1. The Labute approximate surface area is 78.3 Å². The van der Waals surface area contributed by atoms with E-state index in [4.69, 9.17) is 5.11 Å². The van der Waals surface area contributed by atoms with Crippen LogP contribution < -0.4 is 5.32 Å². The van der Waals surface area contributed by atoms with Crippen LogP contribution in [0.1, 0.15) is 5.82 Å². The van der Waals surface area contributed by atoms with E-state index in [0.29, 0.717) is 5.82 Å². The summed E-state index contributed by atoms with van der Waals surface area (Å²) in [5.74, 6) is 0.117. The molecule has 0 aliphatic rings. The van der Waals surface area contributed by atoms with Crippen molar-refractivity contribution in [3.63, 3.8) is 0 Å². The Hall–Kier alpha value is -2.12. The molecule has 0 aromatic carbocycles. The molecule has 1 heterocycles. The normalized spacial score (nSPS) is 9.79. The molecule has 0 aliphatic heterocycles. The molecule has 0 atom stereocenters. The molecule has 0 fully saturated rings. The minimum Gasteiger partial charge on any atom is -0.465 e. The highest BCUT2D eigenvalue weighted by Gasteiger charge is 2.16. The first kappa shape index (κ1) is 9.96. The first-order valence-corrected chi connectivity index (χ1v) is 3.64. The molecule has 8 heteroatoms. The third-order valence-corrected chi connectivity index (χ3v) is 1.64. The molecular weight excluding hydrogens is 192 g/mol. The molecule has 0 aliphatic carbocycles. The van der Waals surface area contributed by atoms with Gasteiger partial charge in [-0.1, -0.05) is 0 Å². The zero-order chi connectivity index (χ0) is 10.7. The molecular formula is C6H8N4O4. The van der Waals surface area contributed by atoms with E-state index in [1.54, 1.807) is 0 Å². The van der Waals surface area contributed by atoms with E-state index in [9.17, 15) is 14.9 Å². The van der Waals surface area contributed by atoms with E-state index in [2.05, 4.69) is 10.3 Å². The van der Waals surface area contributed by atoms with Crippen LogP contribution in [-0.2, 0) is 13.6 Å². The van der Waals surface area contributed by atoms with Crippen molar-refractivity contribution in [2.75, 3.05) is 0 Å². The van der Waals surface area contributed by atoms with Crippen LogP contribution in [0, 0.1) is 10.1 Å². The van der Waals surface area contributed by atoms with Crippen LogP contribution in [0.4, 0.5) is 10.6 Å². The van der Waals surface area contributed by atoms with Crippen LogP contribution in [0.15, 0.2) is 6.20 Å². The fraction of sp³-hybridized carbons (Fsp3) is 0.333. The maximum Gasteiger partial charge on any atom is 0.405 e. The number of hydrogen-bond donors (Lipinski definition) is 2. The van der Waals surface area contributed by atoms with Crippen molar-refractivity contribution in [2.24, 2.45) is 7.05 Å². The number of rotatable bonds is 3. The summed E-state index contributed by atoms with van der Waals surface area (Å²) in [7, 11) is 1.45. The van der Waals surface area contributed by atoms with Crippen molar-refractivity contribution in [1.29, 1.82) is 0 Å². The lowest BCUT2D eigenvalue weighted by Crippen LogP contribution is -2.22. The third kappa shape index (κ3) is 1.97. The summed E-state index contributed by atoms with van der Waals surface area (Å²) in [6.45, 7) is -0.0559. The Kier molecular flexibility index (Phi) is 2.65. The van der Waals surface area contributed by atoms with Crippen LogP contribution >= 0.6 is 0 Å². The number of nitro groups is 1. The lowest BCUT2D eigenvalue weighted by molar-refractivity contribution is -0.391. The second-order valence-electron chi connectivity index (χ2n) is 2.51. The quantitative estimate of drug-likeness (QED) is 0.530. The Morgan fingerprint density at radius 2 is 2.50 bits per heavy atom. The zero-order valence-corrected chi connectivity index (χ0v) is 7.30. The van der Waals surface area contributed by atoms with E-state index in [-0.39, 0.29) is 12.4 Å². The Balaban J connectivity index is 2.79. The Morgan fingerprint density at radius 1 is 1.86 bits per heavy atom. The summed E-state index contributed by atoms with van der Waals surface area (Å²) in [4.78, 5) is 23.6. The smallest absolute Gasteiger partial charge is 0.405 e. The highest BCUT2D eigenvalue weighted by Crippen LogP contribution is 2.10. The summed E-state index contributed by atoms with van der Waals surface area (Å²) in [5.41, 5.74) is 0. The zero-order valence-electron chi connectivity index (χ0n) is 7.30. The van der Waals surface area contributed by atoms with Crippen LogP contribution in [-0.4, -0.2) is 25.7 Å². The molecule has 2 N–H and O–H groups in total. The van der Waals surface area contributed by atoms with E-state index < -0.39 is 11.0 Å². The van der Waals surface area contributed by atoms with Gasteiger partial charge in [0.05, 0.1) is 7.05 Å². The first-order chi connectivity index (χ1) is 6.52. The predicted molar refractivity (Wildman–Crippen MR) is 44.7 cm³/mol. The SMILES string of the molecule is Cn1c([N+](=O)[O-])cnc1CNC(=O)O. The van der Waals surface area contributed by atoms with Gasteiger partial charge in [-0.15, -0.1) is 0 Å². The van der Waals surface area contributed by atoms with Crippen molar-refractivity contribution >= 4 is 11.9 Å². The van der Waals surface area contributed by atoms with Gasteiger partial charge in [-0.2, -0.15) is 0 Å². The molecule has 1 aromatic heterocycles. The van der Waals surface area contributed by atoms with Crippen LogP contribution in [0.2, 0.25) is 0 Å². The van der Waals surface area contributed by atoms with Gasteiger partial charge in [-0.25, -0.2) is 14.3 Å². The van der Waals surface area contributed by atoms with Crippen molar-refractivity contribution in [3.8, 4) is 0 Å². The van der Waals surface area contributed by atoms with Gasteiger partial charge in [-0.05, 0) is 4.92 Å². The second-order valence-corrected chi connectivity index (χ2v) is 2.51. The van der Waals surface area contributed by atoms with Gasteiger partial charge >= 0.3 is 11.9 Å². The standard InChI is InChI=1S/C6H8N4O4/c1-9-4(2-8-6(11)12)7-3-5(9)10(13)14/h3,8H,2H2,1H3,(H,11,12). The number of aromatic nitrogens is 2. The van der Waals surface area contributed by atoms with Gasteiger partial charge < -0.3 is 20.5 Å². The van der Waals surface area contributed by atoms with E-state index in [1.165, 1.54) is 11.6 Å². The van der Waals surface area contributed by atoms with Gasteiger partial charge in [0.1, 0.15) is 12.7 Å². The molecule has 1 aromatic rings. The van der Waals surface area contributed by atoms with Crippen LogP contribution in [0.5, 0.6) is 0 Å². The Bertz CT molecular complexity index is 372. The summed E-state index contributed by atoms with van der Waals surface area (Å²) in [5, 5.41) is 20.7. The maximum atomic E-state index is 10.4. The van der Waals surface area contributed by atoms with Crippen LogP contribution in [0.25, 0.3) is 0 Å². The van der Waals surface area contributed by atoms with E-state index in [1.807, 2.05) is 0 Å². The van der Waals surface area contributed by atoms with Gasteiger partial charge in [0.15, 0.2) is 0 Å². The summed E-state index contributed by atoms with van der Waals surface area (Å²) < 4.78 is 1.22. The number of carbonyl (C=O) groups is 1. The molecule has 0 bridgehead atoms. The van der Waals surface area contributed by atoms with Crippen molar-refractivity contribution in [2.45, 2.75) is 6.54 Å². The van der Waals surface area contributed by atoms with Gasteiger partial charge in [0.25, 0.3) is 0 Å². The average molecular weight is 200 g/mol. The van der Waals surface area contributed by atoms with Crippen molar-refractivity contribution in [1.82, 2.24) is 14.9 Å². The highest BCUT2D eigenvalue weighted by molar-refractivity contribution is 5.64. The first-order valence-electron chi connectivity index (χ1n) is 3.64. The molecule has 76 valence electrons.